The van der Waals surface area contributed by atoms with E-state index in [1.807, 2.05) is 38.7 Å². The fourth-order valence-corrected chi connectivity index (χ4v) is 2.90. The number of carbonyl (C=O) groups is 1. The van der Waals surface area contributed by atoms with Crippen molar-refractivity contribution in [3.05, 3.63) is 24.0 Å². The molecular formula is C17H23BFNO3. The first-order valence-corrected chi connectivity index (χ1v) is 8.11. The number of ketones is 1. The number of Topliss-reactive ketones (excluding diaryl/α,β-unsaturated/α-hetero) is 1. The highest BCUT2D eigenvalue weighted by molar-refractivity contribution is 6.62. The van der Waals surface area contributed by atoms with Crippen LogP contribution >= 0.6 is 0 Å². The molecule has 0 spiro atoms. The predicted octanol–water partition coefficient (Wildman–Crippen LogP) is 2.29. The van der Waals surface area contributed by atoms with Crippen LogP contribution in [0.15, 0.2) is 18.2 Å². The lowest BCUT2D eigenvalue weighted by atomic mass is 9.79. The Balaban J connectivity index is 1.79. The molecule has 124 valence electrons. The first kappa shape index (κ1) is 16.5. The maximum Gasteiger partial charge on any atom is 0.494 e. The van der Waals surface area contributed by atoms with Crippen LogP contribution < -0.4 is 10.4 Å². The summed E-state index contributed by atoms with van der Waals surface area (Å²) in [6.07, 6.45) is 0.969. The SMILES string of the molecule is CC1(C)OB(c2ccc(N3CCC(=O)CC3)c(F)c2)OC1(C)C. The van der Waals surface area contributed by atoms with Crippen molar-refractivity contribution in [3.8, 4) is 0 Å². The molecule has 0 aliphatic carbocycles. The van der Waals surface area contributed by atoms with E-state index in [4.69, 9.17) is 9.31 Å². The Morgan fingerprint density at radius 1 is 1.09 bits per heavy atom. The van der Waals surface area contributed by atoms with E-state index < -0.39 is 18.3 Å². The van der Waals surface area contributed by atoms with Crippen molar-refractivity contribution in [2.24, 2.45) is 0 Å². The third kappa shape index (κ3) is 3.02. The maximum atomic E-state index is 14.5. The van der Waals surface area contributed by atoms with Crippen molar-refractivity contribution >= 4 is 24.1 Å². The summed E-state index contributed by atoms with van der Waals surface area (Å²) >= 11 is 0. The van der Waals surface area contributed by atoms with Crippen molar-refractivity contribution in [2.75, 3.05) is 18.0 Å². The van der Waals surface area contributed by atoms with E-state index >= 15 is 0 Å². The number of rotatable bonds is 2. The molecule has 6 heteroatoms. The normalized spacial score (nSPS) is 23.4. The molecule has 0 bridgehead atoms. The first-order chi connectivity index (χ1) is 10.7. The zero-order valence-electron chi connectivity index (χ0n) is 14.2. The fraction of sp³-hybridized carbons (Fsp3) is 0.588. The minimum absolute atomic E-state index is 0.246. The van der Waals surface area contributed by atoms with Crippen molar-refractivity contribution in [1.29, 1.82) is 0 Å². The summed E-state index contributed by atoms with van der Waals surface area (Å²) in [5.74, 6) is -0.0537. The van der Waals surface area contributed by atoms with Gasteiger partial charge in [0.15, 0.2) is 0 Å². The van der Waals surface area contributed by atoms with E-state index in [1.54, 1.807) is 6.07 Å². The molecule has 0 unspecified atom stereocenters. The van der Waals surface area contributed by atoms with Crippen molar-refractivity contribution in [1.82, 2.24) is 0 Å². The molecule has 0 saturated carbocycles. The summed E-state index contributed by atoms with van der Waals surface area (Å²) in [5.41, 5.74) is 0.329. The molecule has 3 rings (SSSR count). The van der Waals surface area contributed by atoms with Crippen LogP contribution in [0.5, 0.6) is 0 Å². The van der Waals surface area contributed by atoms with Gasteiger partial charge in [0.2, 0.25) is 0 Å². The minimum atomic E-state index is -0.563. The van der Waals surface area contributed by atoms with Gasteiger partial charge in [-0.15, -0.1) is 0 Å². The van der Waals surface area contributed by atoms with Gasteiger partial charge in [-0.1, -0.05) is 6.07 Å². The molecule has 0 aromatic heterocycles. The summed E-state index contributed by atoms with van der Waals surface area (Å²) in [5, 5.41) is 0. The highest BCUT2D eigenvalue weighted by atomic mass is 19.1. The van der Waals surface area contributed by atoms with Crippen molar-refractivity contribution in [2.45, 2.75) is 51.7 Å². The Kier molecular flexibility index (Phi) is 4.01. The van der Waals surface area contributed by atoms with Gasteiger partial charge >= 0.3 is 7.12 Å². The molecule has 0 radical (unpaired) electrons. The number of carbonyl (C=O) groups excluding carboxylic acids is 1. The van der Waals surface area contributed by atoms with Gasteiger partial charge in [-0.05, 0) is 45.3 Å². The Hall–Kier alpha value is -1.40. The van der Waals surface area contributed by atoms with Gasteiger partial charge in [-0.2, -0.15) is 0 Å². The quantitative estimate of drug-likeness (QED) is 0.784. The lowest BCUT2D eigenvalue weighted by molar-refractivity contribution is -0.119. The Morgan fingerprint density at radius 3 is 2.17 bits per heavy atom. The van der Waals surface area contributed by atoms with Crippen LogP contribution in [0.25, 0.3) is 0 Å². The van der Waals surface area contributed by atoms with Gasteiger partial charge in [0, 0.05) is 25.9 Å². The molecule has 1 aromatic rings. The van der Waals surface area contributed by atoms with E-state index in [9.17, 15) is 9.18 Å². The van der Waals surface area contributed by atoms with E-state index in [1.165, 1.54) is 6.07 Å². The Morgan fingerprint density at radius 2 is 1.65 bits per heavy atom. The van der Waals surface area contributed by atoms with Crippen LogP contribution in [0.1, 0.15) is 40.5 Å². The third-order valence-electron chi connectivity index (χ3n) is 5.16. The lowest BCUT2D eigenvalue weighted by Crippen LogP contribution is -2.41. The Bertz CT molecular complexity index is 606. The summed E-state index contributed by atoms with van der Waals surface area (Å²) in [4.78, 5) is 13.2. The van der Waals surface area contributed by atoms with E-state index in [-0.39, 0.29) is 11.6 Å². The second-order valence-corrected chi connectivity index (χ2v) is 7.32. The third-order valence-corrected chi connectivity index (χ3v) is 5.16. The van der Waals surface area contributed by atoms with Crippen molar-refractivity contribution < 1.29 is 18.5 Å². The number of hydrogen-bond donors (Lipinski definition) is 0. The highest BCUT2D eigenvalue weighted by Gasteiger charge is 2.51. The predicted molar refractivity (Wildman–Crippen MR) is 88.6 cm³/mol. The molecule has 4 nitrogen and oxygen atoms in total. The monoisotopic (exact) mass is 319 g/mol. The first-order valence-electron chi connectivity index (χ1n) is 8.11. The van der Waals surface area contributed by atoms with E-state index in [2.05, 4.69) is 0 Å². The fourth-order valence-electron chi connectivity index (χ4n) is 2.90. The number of halogens is 1. The maximum absolute atomic E-state index is 14.5. The van der Waals surface area contributed by atoms with Gasteiger partial charge in [0.05, 0.1) is 16.9 Å². The van der Waals surface area contributed by atoms with Crippen LogP contribution in [0.2, 0.25) is 0 Å². The second kappa shape index (κ2) is 5.60. The molecule has 23 heavy (non-hydrogen) atoms. The number of nitrogens with zero attached hydrogens (tertiary/aromatic N) is 1. The van der Waals surface area contributed by atoms with Crippen LogP contribution in [0.4, 0.5) is 10.1 Å². The van der Waals surface area contributed by atoms with Gasteiger partial charge < -0.3 is 14.2 Å². The molecule has 0 amide bonds. The summed E-state index contributed by atoms with van der Waals surface area (Å²) < 4.78 is 26.4. The van der Waals surface area contributed by atoms with Crippen LogP contribution in [-0.4, -0.2) is 37.2 Å². The molecule has 2 heterocycles. The average Bonchev–Trinajstić information content (AvgIpc) is 2.68. The van der Waals surface area contributed by atoms with Crippen LogP contribution in [-0.2, 0) is 14.1 Å². The highest BCUT2D eigenvalue weighted by Crippen LogP contribution is 2.36. The van der Waals surface area contributed by atoms with Crippen LogP contribution in [0.3, 0.4) is 0 Å². The molecule has 2 aliphatic heterocycles. The van der Waals surface area contributed by atoms with Gasteiger partial charge in [-0.25, -0.2) is 4.39 Å². The zero-order valence-corrected chi connectivity index (χ0v) is 14.2. The molecule has 2 fully saturated rings. The van der Waals surface area contributed by atoms with E-state index in [0.717, 1.165) is 0 Å². The smallest absolute Gasteiger partial charge is 0.399 e. The number of piperidine rings is 1. The standard InChI is InChI=1S/C17H23BFNO3/c1-16(2)17(3,4)23-18(22-16)12-5-6-15(14(19)11-12)20-9-7-13(21)8-10-20/h5-6,11H,7-10H2,1-4H3. The number of benzene rings is 1. The topological polar surface area (TPSA) is 38.8 Å². The molecule has 0 atom stereocenters. The summed E-state index contributed by atoms with van der Waals surface area (Å²) in [6, 6.07) is 5.08. The minimum Gasteiger partial charge on any atom is -0.399 e. The lowest BCUT2D eigenvalue weighted by Gasteiger charge is -2.32. The summed E-state index contributed by atoms with van der Waals surface area (Å²) in [6.45, 7) is 9.05. The Labute approximate surface area is 137 Å². The van der Waals surface area contributed by atoms with Gasteiger partial charge in [0.1, 0.15) is 11.6 Å². The van der Waals surface area contributed by atoms with Gasteiger partial charge in [-0.3, -0.25) is 4.79 Å². The molecule has 2 aliphatic rings. The molecule has 2 saturated heterocycles. The number of hydrogen-bond acceptors (Lipinski definition) is 4. The molecule has 1 aromatic carbocycles. The summed E-state index contributed by atoms with van der Waals surface area (Å²) in [7, 11) is -0.563. The molecular weight excluding hydrogens is 296 g/mol. The van der Waals surface area contributed by atoms with Crippen LogP contribution in [0, 0.1) is 5.82 Å². The second-order valence-electron chi connectivity index (χ2n) is 7.32. The largest absolute Gasteiger partial charge is 0.494 e. The van der Waals surface area contributed by atoms with Crippen molar-refractivity contribution in [3.63, 3.8) is 0 Å². The zero-order chi connectivity index (χ0) is 16.8. The van der Waals surface area contributed by atoms with E-state index in [0.29, 0.717) is 37.1 Å². The average molecular weight is 319 g/mol. The van der Waals surface area contributed by atoms with Gasteiger partial charge in [0.25, 0.3) is 0 Å². The number of anilines is 1. The molecule has 0 N–H and O–H groups in total.